The summed E-state index contributed by atoms with van der Waals surface area (Å²) in [7, 11) is -3.68. The molecule has 1 saturated carbocycles. The summed E-state index contributed by atoms with van der Waals surface area (Å²) in [6, 6.07) is 0. The van der Waals surface area contributed by atoms with Gasteiger partial charge in [0.15, 0.2) is 9.84 Å². The summed E-state index contributed by atoms with van der Waals surface area (Å²) in [4.78, 5) is 21.5. The number of carboxylic acids is 2. The molecule has 0 bridgehead atoms. The number of aliphatic carboxylic acids is 2. The number of hydrogen-bond donors (Lipinski definition) is 3. The summed E-state index contributed by atoms with van der Waals surface area (Å²) in [5, 5.41) is 16.4. The van der Waals surface area contributed by atoms with Gasteiger partial charge in [-0.25, -0.2) is 8.42 Å². The molecule has 4 atom stereocenters. The Kier molecular flexibility index (Phi) is 1.73. The summed E-state index contributed by atoms with van der Waals surface area (Å²) in [5.41, 5.74) is 3.51. The van der Waals surface area contributed by atoms with Crippen molar-refractivity contribution in [1.29, 1.82) is 0 Å². The van der Waals surface area contributed by atoms with Gasteiger partial charge >= 0.3 is 11.9 Å². The van der Waals surface area contributed by atoms with Crippen molar-refractivity contribution in [2.75, 3.05) is 5.75 Å². The minimum Gasteiger partial charge on any atom is -0.481 e. The molecule has 0 aromatic heterocycles. The molecular formula is C7H9NO6S. The molecule has 0 unspecified atom stereocenters. The van der Waals surface area contributed by atoms with Crippen LogP contribution in [0.5, 0.6) is 0 Å². The van der Waals surface area contributed by atoms with E-state index in [0.29, 0.717) is 0 Å². The zero-order chi connectivity index (χ0) is 11.6. The maximum Gasteiger partial charge on any atom is 0.325 e. The van der Waals surface area contributed by atoms with Gasteiger partial charge in [0.05, 0.1) is 16.9 Å². The van der Waals surface area contributed by atoms with E-state index in [1.54, 1.807) is 0 Å². The number of sulfone groups is 1. The van der Waals surface area contributed by atoms with Gasteiger partial charge in [-0.3, -0.25) is 9.59 Å². The van der Waals surface area contributed by atoms with Gasteiger partial charge in [-0.1, -0.05) is 0 Å². The highest BCUT2D eigenvalue weighted by molar-refractivity contribution is 7.92. The van der Waals surface area contributed by atoms with Crippen molar-refractivity contribution >= 4 is 21.8 Å². The number of hydrogen-bond acceptors (Lipinski definition) is 5. The van der Waals surface area contributed by atoms with E-state index in [0.717, 1.165) is 0 Å². The minimum atomic E-state index is -3.68. The van der Waals surface area contributed by atoms with E-state index >= 15 is 0 Å². The van der Waals surface area contributed by atoms with Crippen molar-refractivity contribution < 1.29 is 28.2 Å². The molecule has 4 N–H and O–H groups in total. The second-order valence-electron chi connectivity index (χ2n) is 4.01. The summed E-state index contributed by atoms with van der Waals surface area (Å²) < 4.78 is 22.9. The van der Waals surface area contributed by atoms with Gasteiger partial charge in [0, 0.05) is 5.92 Å². The van der Waals surface area contributed by atoms with E-state index < -0.39 is 50.2 Å². The van der Waals surface area contributed by atoms with Gasteiger partial charge < -0.3 is 15.9 Å². The first-order valence-corrected chi connectivity index (χ1v) is 5.90. The van der Waals surface area contributed by atoms with E-state index in [1.807, 2.05) is 0 Å². The summed E-state index contributed by atoms with van der Waals surface area (Å²) >= 11 is 0. The van der Waals surface area contributed by atoms with Crippen LogP contribution < -0.4 is 5.73 Å². The summed E-state index contributed by atoms with van der Waals surface area (Å²) in [6.07, 6.45) is 0. The van der Waals surface area contributed by atoms with Crippen molar-refractivity contribution in [3.63, 3.8) is 0 Å². The highest BCUT2D eigenvalue weighted by Gasteiger charge is 2.77. The van der Waals surface area contributed by atoms with Gasteiger partial charge in [-0.2, -0.15) is 0 Å². The predicted molar refractivity (Wildman–Crippen MR) is 46.7 cm³/mol. The van der Waals surface area contributed by atoms with Crippen LogP contribution in [0.3, 0.4) is 0 Å². The van der Waals surface area contributed by atoms with Crippen LogP contribution in [0, 0.1) is 11.8 Å². The molecule has 1 heterocycles. The average Bonchev–Trinajstić information content (AvgIpc) is 2.72. The molecule has 8 heteroatoms. The Hall–Kier alpha value is -1.15. The Morgan fingerprint density at radius 3 is 2.20 bits per heavy atom. The molecular weight excluding hydrogens is 226 g/mol. The first-order valence-electron chi connectivity index (χ1n) is 4.18. The van der Waals surface area contributed by atoms with Crippen LogP contribution in [0.4, 0.5) is 0 Å². The molecule has 1 saturated heterocycles. The third kappa shape index (κ3) is 1.11. The van der Waals surface area contributed by atoms with E-state index in [-0.39, 0.29) is 0 Å². The number of carbonyl (C=O) groups is 2. The van der Waals surface area contributed by atoms with Gasteiger partial charge in [0.1, 0.15) is 5.54 Å². The monoisotopic (exact) mass is 235 g/mol. The Morgan fingerprint density at radius 2 is 1.87 bits per heavy atom. The SMILES string of the molecule is N[C@]1(C(=O)O)CS(=O)(=O)[C@@H]2[C@@H](C(=O)O)[C@H]21. The molecule has 0 spiro atoms. The molecule has 1 aliphatic carbocycles. The van der Waals surface area contributed by atoms with Crippen LogP contribution in [0.15, 0.2) is 0 Å². The van der Waals surface area contributed by atoms with Gasteiger partial charge in [-0.05, 0) is 0 Å². The quantitative estimate of drug-likeness (QED) is 0.498. The van der Waals surface area contributed by atoms with E-state index in [2.05, 4.69) is 0 Å². The fourth-order valence-electron chi connectivity index (χ4n) is 2.37. The minimum absolute atomic E-state index is 0.672. The number of nitrogens with two attached hydrogens (primary N) is 1. The van der Waals surface area contributed by atoms with Crippen molar-refractivity contribution in [2.45, 2.75) is 10.8 Å². The topological polar surface area (TPSA) is 135 Å². The molecule has 15 heavy (non-hydrogen) atoms. The van der Waals surface area contributed by atoms with Gasteiger partial charge in [-0.15, -0.1) is 0 Å². The third-order valence-electron chi connectivity index (χ3n) is 3.09. The van der Waals surface area contributed by atoms with Crippen LogP contribution in [0.2, 0.25) is 0 Å². The lowest BCUT2D eigenvalue weighted by molar-refractivity contribution is -0.144. The largest absolute Gasteiger partial charge is 0.481 e. The van der Waals surface area contributed by atoms with E-state index in [1.165, 1.54) is 0 Å². The number of rotatable bonds is 2. The standard InChI is InChI=1S/C7H9NO6S/c8-7(6(11)12)1-15(13,14)4-2(3(4)7)5(9)10/h2-4H,1,8H2,(H,9,10)(H,11,12)/t2-,3+,4+,7+/m0/s1. The number of carboxylic acid groups (broad SMARTS) is 2. The maximum absolute atomic E-state index is 11.4. The molecule has 0 aromatic carbocycles. The van der Waals surface area contributed by atoms with Crippen molar-refractivity contribution in [3.8, 4) is 0 Å². The fraction of sp³-hybridized carbons (Fsp3) is 0.714. The normalized spacial score (nSPS) is 45.8. The number of fused-ring (bicyclic) bond motifs is 1. The molecule has 1 aliphatic heterocycles. The first kappa shape index (κ1) is 10.4. The smallest absolute Gasteiger partial charge is 0.325 e. The van der Waals surface area contributed by atoms with Crippen LogP contribution in [-0.2, 0) is 19.4 Å². The van der Waals surface area contributed by atoms with E-state index in [4.69, 9.17) is 15.9 Å². The second kappa shape index (κ2) is 2.50. The van der Waals surface area contributed by atoms with Crippen LogP contribution in [0.25, 0.3) is 0 Å². The zero-order valence-corrected chi connectivity index (χ0v) is 8.27. The Labute approximate surface area is 84.8 Å². The second-order valence-corrected chi connectivity index (χ2v) is 6.17. The van der Waals surface area contributed by atoms with E-state index in [9.17, 15) is 18.0 Å². The van der Waals surface area contributed by atoms with Crippen LogP contribution in [-0.4, -0.2) is 47.1 Å². The highest BCUT2D eigenvalue weighted by atomic mass is 32.2. The molecule has 7 nitrogen and oxygen atoms in total. The van der Waals surface area contributed by atoms with Crippen molar-refractivity contribution in [3.05, 3.63) is 0 Å². The zero-order valence-electron chi connectivity index (χ0n) is 7.45. The molecule has 0 amide bonds. The van der Waals surface area contributed by atoms with Crippen molar-refractivity contribution in [1.82, 2.24) is 0 Å². The molecule has 0 radical (unpaired) electrons. The molecule has 2 fully saturated rings. The van der Waals surface area contributed by atoms with Gasteiger partial charge in [0.25, 0.3) is 0 Å². The Balaban J connectivity index is 2.44. The molecule has 2 aliphatic rings. The molecule has 2 rings (SSSR count). The highest BCUT2D eigenvalue weighted by Crippen LogP contribution is 2.56. The molecule has 84 valence electrons. The van der Waals surface area contributed by atoms with Crippen LogP contribution in [0.1, 0.15) is 0 Å². The van der Waals surface area contributed by atoms with Gasteiger partial charge in [0.2, 0.25) is 0 Å². The Morgan fingerprint density at radius 1 is 1.33 bits per heavy atom. The fourth-order valence-corrected chi connectivity index (χ4v) is 5.04. The van der Waals surface area contributed by atoms with Crippen molar-refractivity contribution in [2.24, 2.45) is 17.6 Å². The molecule has 0 aromatic rings. The third-order valence-corrected chi connectivity index (χ3v) is 5.38. The summed E-state index contributed by atoms with van der Waals surface area (Å²) in [5.74, 6) is -5.58. The van der Waals surface area contributed by atoms with Crippen LogP contribution >= 0.6 is 0 Å². The average molecular weight is 235 g/mol. The lowest BCUT2D eigenvalue weighted by Gasteiger charge is -2.19. The maximum atomic E-state index is 11.4. The Bertz CT molecular complexity index is 456. The lowest BCUT2D eigenvalue weighted by atomic mass is 9.96. The summed E-state index contributed by atoms with van der Waals surface area (Å²) in [6.45, 7) is 0. The lowest BCUT2D eigenvalue weighted by Crippen LogP contribution is -2.53. The first-order chi connectivity index (χ1) is 6.72. The predicted octanol–water partition coefficient (Wildman–Crippen LogP) is -2.10.